The predicted molar refractivity (Wildman–Crippen MR) is 60.7 cm³/mol. The van der Waals surface area contributed by atoms with Crippen molar-refractivity contribution in [2.75, 3.05) is 0 Å². The molecule has 0 saturated heterocycles. The van der Waals surface area contributed by atoms with E-state index in [-0.39, 0.29) is 11.8 Å². The van der Waals surface area contributed by atoms with E-state index >= 15 is 0 Å². The molecule has 1 heterocycles. The summed E-state index contributed by atoms with van der Waals surface area (Å²) in [6.45, 7) is 3.83. The lowest BCUT2D eigenvalue weighted by Crippen LogP contribution is -2.48. The van der Waals surface area contributed by atoms with Crippen LogP contribution in [0.5, 0.6) is 0 Å². The number of rotatable bonds is 5. The van der Waals surface area contributed by atoms with E-state index in [1.807, 2.05) is 13.8 Å². The van der Waals surface area contributed by atoms with Crippen LogP contribution in [0.1, 0.15) is 30.8 Å². The normalized spacial score (nSPS) is 14.1. The van der Waals surface area contributed by atoms with Crippen LogP contribution in [0.15, 0.2) is 18.3 Å². The van der Waals surface area contributed by atoms with Gasteiger partial charge in [0, 0.05) is 6.20 Å². The molecular formula is C11H17N3O2. The molecule has 1 rings (SSSR count). The molecule has 5 nitrogen and oxygen atoms in total. The van der Waals surface area contributed by atoms with E-state index in [2.05, 4.69) is 10.3 Å². The molecule has 0 aliphatic rings. The summed E-state index contributed by atoms with van der Waals surface area (Å²) in [7, 11) is 0. The number of carbonyl (C=O) groups is 2. The fourth-order valence-corrected chi connectivity index (χ4v) is 1.42. The highest BCUT2D eigenvalue weighted by molar-refractivity contribution is 5.95. The summed E-state index contributed by atoms with van der Waals surface area (Å²) < 4.78 is 0. The quantitative estimate of drug-likeness (QED) is 0.684. The highest BCUT2D eigenvalue weighted by Gasteiger charge is 2.24. The van der Waals surface area contributed by atoms with Gasteiger partial charge < -0.3 is 16.0 Å². The zero-order valence-electron chi connectivity index (χ0n) is 9.49. The first-order valence-corrected chi connectivity index (χ1v) is 5.29. The summed E-state index contributed by atoms with van der Waals surface area (Å²) in [5.41, 5.74) is 5.68. The van der Waals surface area contributed by atoms with Gasteiger partial charge in [-0.3, -0.25) is 9.59 Å². The Labute approximate surface area is 94.4 Å². The van der Waals surface area contributed by atoms with Crippen LogP contribution in [0.4, 0.5) is 0 Å². The summed E-state index contributed by atoms with van der Waals surface area (Å²) in [6, 6.07) is 2.74. The number of carbonyl (C=O) groups excluding carboxylic acids is 2. The van der Waals surface area contributed by atoms with Crippen molar-refractivity contribution in [1.82, 2.24) is 10.3 Å². The summed E-state index contributed by atoms with van der Waals surface area (Å²) in [5.74, 6) is -0.792. The third kappa shape index (κ3) is 2.85. The van der Waals surface area contributed by atoms with Crippen molar-refractivity contribution in [3.05, 3.63) is 24.0 Å². The van der Waals surface area contributed by atoms with Gasteiger partial charge in [0.05, 0.1) is 0 Å². The molecule has 0 radical (unpaired) electrons. The highest BCUT2D eigenvalue weighted by Crippen LogP contribution is 2.08. The minimum Gasteiger partial charge on any atom is -0.368 e. The average molecular weight is 223 g/mol. The Morgan fingerprint density at radius 2 is 2.25 bits per heavy atom. The number of amides is 2. The molecule has 0 aromatic carbocycles. The molecule has 2 atom stereocenters. The standard InChI is InChI=1S/C11H17N3O2/c1-3-7(2)9(10(12)15)14-11(16)8-5-4-6-13-8/h4-7,9,13H,3H2,1-2H3,(H2,12,15)(H,14,16). The molecule has 2 unspecified atom stereocenters. The fraction of sp³-hybridized carbons (Fsp3) is 0.455. The topological polar surface area (TPSA) is 88.0 Å². The van der Waals surface area contributed by atoms with Gasteiger partial charge in [0.1, 0.15) is 11.7 Å². The zero-order chi connectivity index (χ0) is 12.1. The van der Waals surface area contributed by atoms with Crippen LogP contribution in [0, 0.1) is 5.92 Å². The van der Waals surface area contributed by atoms with Gasteiger partial charge in [-0.25, -0.2) is 0 Å². The molecule has 0 aliphatic carbocycles. The van der Waals surface area contributed by atoms with E-state index < -0.39 is 11.9 Å². The molecule has 0 aliphatic heterocycles. The van der Waals surface area contributed by atoms with Crippen molar-refractivity contribution in [1.29, 1.82) is 0 Å². The van der Waals surface area contributed by atoms with Crippen LogP contribution in [-0.2, 0) is 4.79 Å². The van der Waals surface area contributed by atoms with E-state index in [9.17, 15) is 9.59 Å². The first-order chi connectivity index (χ1) is 7.56. The summed E-state index contributed by atoms with van der Waals surface area (Å²) in [4.78, 5) is 25.7. The number of nitrogens with two attached hydrogens (primary N) is 1. The maximum Gasteiger partial charge on any atom is 0.268 e. The zero-order valence-corrected chi connectivity index (χ0v) is 9.49. The first-order valence-electron chi connectivity index (χ1n) is 5.29. The number of hydrogen-bond acceptors (Lipinski definition) is 2. The monoisotopic (exact) mass is 223 g/mol. The van der Waals surface area contributed by atoms with Gasteiger partial charge in [-0.1, -0.05) is 20.3 Å². The minimum absolute atomic E-state index is 0.0245. The second-order valence-electron chi connectivity index (χ2n) is 3.82. The van der Waals surface area contributed by atoms with E-state index in [1.165, 1.54) is 0 Å². The molecule has 88 valence electrons. The Morgan fingerprint density at radius 3 is 2.69 bits per heavy atom. The van der Waals surface area contributed by atoms with Crippen molar-refractivity contribution in [2.45, 2.75) is 26.3 Å². The second-order valence-corrected chi connectivity index (χ2v) is 3.82. The van der Waals surface area contributed by atoms with Crippen LogP contribution in [-0.4, -0.2) is 22.8 Å². The van der Waals surface area contributed by atoms with Gasteiger partial charge in [-0.2, -0.15) is 0 Å². The second kappa shape index (κ2) is 5.34. The largest absolute Gasteiger partial charge is 0.368 e. The molecule has 0 saturated carbocycles. The van der Waals surface area contributed by atoms with Crippen molar-refractivity contribution in [3.63, 3.8) is 0 Å². The summed E-state index contributed by atoms with van der Waals surface area (Å²) in [5, 5.41) is 2.62. The van der Waals surface area contributed by atoms with E-state index in [1.54, 1.807) is 18.3 Å². The smallest absolute Gasteiger partial charge is 0.268 e. The molecule has 4 N–H and O–H groups in total. The molecule has 5 heteroatoms. The van der Waals surface area contributed by atoms with Gasteiger partial charge in [-0.05, 0) is 18.1 Å². The lowest BCUT2D eigenvalue weighted by Gasteiger charge is -2.20. The Balaban J connectivity index is 2.69. The minimum atomic E-state index is -0.624. The van der Waals surface area contributed by atoms with Crippen molar-refractivity contribution in [3.8, 4) is 0 Å². The predicted octanol–water partition coefficient (Wildman–Crippen LogP) is 0.645. The van der Waals surface area contributed by atoms with Gasteiger partial charge in [0.25, 0.3) is 5.91 Å². The van der Waals surface area contributed by atoms with E-state index in [0.29, 0.717) is 5.69 Å². The van der Waals surface area contributed by atoms with Crippen molar-refractivity contribution in [2.24, 2.45) is 11.7 Å². The Bertz CT molecular complexity index is 359. The third-order valence-corrected chi connectivity index (χ3v) is 2.65. The van der Waals surface area contributed by atoms with Crippen molar-refractivity contribution < 1.29 is 9.59 Å². The molecular weight excluding hydrogens is 206 g/mol. The fourth-order valence-electron chi connectivity index (χ4n) is 1.42. The van der Waals surface area contributed by atoms with Crippen LogP contribution in [0.25, 0.3) is 0 Å². The summed E-state index contributed by atoms with van der Waals surface area (Å²) >= 11 is 0. The first kappa shape index (κ1) is 12.3. The van der Waals surface area contributed by atoms with Gasteiger partial charge in [0.2, 0.25) is 5.91 Å². The molecule has 2 amide bonds. The van der Waals surface area contributed by atoms with E-state index in [0.717, 1.165) is 6.42 Å². The number of hydrogen-bond donors (Lipinski definition) is 3. The molecule has 0 bridgehead atoms. The number of H-pyrrole nitrogens is 1. The average Bonchev–Trinajstić information content (AvgIpc) is 2.77. The molecule has 1 aromatic heterocycles. The number of primary amides is 1. The maximum absolute atomic E-state index is 11.7. The van der Waals surface area contributed by atoms with Gasteiger partial charge in [0.15, 0.2) is 0 Å². The Morgan fingerprint density at radius 1 is 1.56 bits per heavy atom. The van der Waals surface area contributed by atoms with Crippen LogP contribution in [0.2, 0.25) is 0 Å². The van der Waals surface area contributed by atoms with Crippen molar-refractivity contribution >= 4 is 11.8 Å². The van der Waals surface area contributed by atoms with Crippen LogP contribution in [0.3, 0.4) is 0 Å². The van der Waals surface area contributed by atoms with E-state index in [4.69, 9.17) is 5.73 Å². The van der Waals surface area contributed by atoms with Crippen LogP contribution < -0.4 is 11.1 Å². The lowest BCUT2D eigenvalue weighted by atomic mass is 9.98. The SMILES string of the molecule is CCC(C)C(NC(=O)c1ccc[nH]1)C(N)=O. The molecule has 16 heavy (non-hydrogen) atoms. The van der Waals surface area contributed by atoms with Gasteiger partial charge >= 0.3 is 0 Å². The number of aromatic nitrogens is 1. The molecule has 0 spiro atoms. The molecule has 0 fully saturated rings. The number of aromatic amines is 1. The number of nitrogens with one attached hydrogen (secondary N) is 2. The Kier molecular flexibility index (Phi) is 4.10. The third-order valence-electron chi connectivity index (χ3n) is 2.65. The maximum atomic E-state index is 11.7. The molecule has 1 aromatic rings. The highest BCUT2D eigenvalue weighted by atomic mass is 16.2. The van der Waals surface area contributed by atoms with Crippen LogP contribution >= 0.6 is 0 Å². The Hall–Kier alpha value is -1.78. The lowest BCUT2D eigenvalue weighted by molar-refractivity contribution is -0.120. The summed E-state index contributed by atoms with van der Waals surface area (Å²) in [6.07, 6.45) is 2.43. The van der Waals surface area contributed by atoms with Gasteiger partial charge in [-0.15, -0.1) is 0 Å².